The number of carbonyl (C=O) groups excluding carboxylic acids is 1. The Hall–Kier alpha value is -3.73. The molecule has 1 unspecified atom stereocenters. The number of benzene rings is 3. The molecule has 0 aliphatic carbocycles. The summed E-state index contributed by atoms with van der Waals surface area (Å²) in [5.41, 5.74) is 2.89. The summed E-state index contributed by atoms with van der Waals surface area (Å²) in [6.45, 7) is 6.34. The molecule has 31 heavy (non-hydrogen) atoms. The predicted molar refractivity (Wildman–Crippen MR) is 124 cm³/mol. The molecule has 4 rings (SSSR count). The molecule has 3 aromatic carbocycles. The molecule has 5 nitrogen and oxygen atoms in total. The average Bonchev–Trinajstić information content (AvgIpc) is 2.80. The van der Waals surface area contributed by atoms with E-state index in [0.29, 0.717) is 28.8 Å². The molecule has 0 saturated carbocycles. The number of amides is 1. The van der Waals surface area contributed by atoms with Crippen LogP contribution < -0.4 is 5.56 Å². The second-order valence-electron chi connectivity index (χ2n) is 7.60. The van der Waals surface area contributed by atoms with E-state index < -0.39 is 6.04 Å². The Morgan fingerprint density at radius 3 is 2.42 bits per heavy atom. The molecule has 0 aliphatic heterocycles. The number of hydrogen-bond acceptors (Lipinski definition) is 3. The molecule has 0 fully saturated rings. The minimum atomic E-state index is -0.407. The maximum Gasteiger partial charge on any atom is 0.266 e. The van der Waals surface area contributed by atoms with Crippen molar-refractivity contribution in [3.05, 3.63) is 106 Å². The van der Waals surface area contributed by atoms with Crippen LogP contribution >= 0.6 is 0 Å². The number of carbonyl (C=O) groups is 1. The van der Waals surface area contributed by atoms with Gasteiger partial charge in [-0.25, -0.2) is 4.98 Å². The molecular weight excluding hydrogens is 386 g/mol. The normalized spacial score (nSPS) is 12.0. The fourth-order valence-electron chi connectivity index (χ4n) is 3.93. The molecule has 156 valence electrons. The summed E-state index contributed by atoms with van der Waals surface area (Å²) in [4.78, 5) is 33.4. The van der Waals surface area contributed by atoms with Crippen LogP contribution in [0, 0.1) is 6.92 Å². The van der Waals surface area contributed by atoms with Crippen LogP contribution in [-0.2, 0) is 0 Å². The van der Waals surface area contributed by atoms with Gasteiger partial charge in [-0.05, 0) is 62.7 Å². The Morgan fingerprint density at radius 1 is 1.00 bits per heavy atom. The third kappa shape index (κ3) is 3.87. The summed E-state index contributed by atoms with van der Waals surface area (Å²) in [7, 11) is 0. The minimum absolute atomic E-state index is 0.0891. The number of aromatic nitrogens is 2. The van der Waals surface area contributed by atoms with Crippen molar-refractivity contribution in [3.8, 4) is 5.69 Å². The number of fused-ring (bicyclic) bond motifs is 1. The standard InChI is InChI=1S/C26H25N3O2/c1-4-28(25(30)20-12-6-5-7-13-20)19(3)24-27-23-16-9-8-15-22(23)26(31)29(24)21-14-10-11-18(2)17-21/h5-17,19H,4H2,1-3H3. The van der Waals surface area contributed by atoms with Gasteiger partial charge < -0.3 is 4.90 Å². The van der Waals surface area contributed by atoms with Gasteiger partial charge in [-0.2, -0.15) is 0 Å². The SMILES string of the molecule is CCN(C(=O)c1ccccc1)C(C)c1nc2ccccc2c(=O)n1-c1cccc(C)c1. The Balaban J connectivity index is 1.92. The molecule has 1 aromatic heterocycles. The van der Waals surface area contributed by atoms with Gasteiger partial charge in [-0.3, -0.25) is 14.2 Å². The van der Waals surface area contributed by atoms with Gasteiger partial charge in [0.15, 0.2) is 0 Å². The van der Waals surface area contributed by atoms with Gasteiger partial charge in [-0.1, -0.05) is 42.5 Å². The zero-order chi connectivity index (χ0) is 22.0. The molecule has 1 heterocycles. The molecule has 0 spiro atoms. The van der Waals surface area contributed by atoms with Crippen molar-refractivity contribution >= 4 is 16.8 Å². The van der Waals surface area contributed by atoms with Crippen LogP contribution in [0.1, 0.15) is 41.6 Å². The van der Waals surface area contributed by atoms with Gasteiger partial charge in [0.25, 0.3) is 11.5 Å². The number of aryl methyl sites for hydroxylation is 1. The van der Waals surface area contributed by atoms with Crippen LogP contribution in [0.4, 0.5) is 0 Å². The van der Waals surface area contributed by atoms with Crippen molar-refractivity contribution in [2.45, 2.75) is 26.8 Å². The van der Waals surface area contributed by atoms with E-state index in [1.54, 1.807) is 27.7 Å². The summed E-state index contributed by atoms with van der Waals surface area (Å²) in [6.07, 6.45) is 0. The summed E-state index contributed by atoms with van der Waals surface area (Å²) in [6, 6.07) is 23.9. The Morgan fingerprint density at radius 2 is 1.71 bits per heavy atom. The zero-order valence-electron chi connectivity index (χ0n) is 17.9. The number of rotatable bonds is 5. The Labute approximate surface area is 181 Å². The first-order valence-corrected chi connectivity index (χ1v) is 10.5. The molecule has 0 saturated heterocycles. The lowest BCUT2D eigenvalue weighted by Crippen LogP contribution is -2.37. The number of hydrogen-bond donors (Lipinski definition) is 0. The highest BCUT2D eigenvalue weighted by molar-refractivity contribution is 5.94. The van der Waals surface area contributed by atoms with E-state index in [1.807, 2.05) is 81.4 Å². The van der Waals surface area contributed by atoms with Gasteiger partial charge in [0.05, 0.1) is 22.6 Å². The van der Waals surface area contributed by atoms with Crippen LogP contribution in [0.3, 0.4) is 0 Å². The monoisotopic (exact) mass is 411 g/mol. The van der Waals surface area contributed by atoms with Crippen LogP contribution in [0.15, 0.2) is 83.7 Å². The highest BCUT2D eigenvalue weighted by Gasteiger charge is 2.26. The van der Waals surface area contributed by atoms with Crippen LogP contribution in [-0.4, -0.2) is 26.9 Å². The van der Waals surface area contributed by atoms with Gasteiger partial charge in [0.1, 0.15) is 5.82 Å². The third-order valence-electron chi connectivity index (χ3n) is 5.52. The van der Waals surface area contributed by atoms with Gasteiger partial charge in [0, 0.05) is 12.1 Å². The van der Waals surface area contributed by atoms with E-state index in [1.165, 1.54) is 0 Å². The summed E-state index contributed by atoms with van der Waals surface area (Å²) in [5, 5.41) is 0.553. The minimum Gasteiger partial charge on any atom is -0.329 e. The van der Waals surface area contributed by atoms with Gasteiger partial charge >= 0.3 is 0 Å². The summed E-state index contributed by atoms with van der Waals surface area (Å²) >= 11 is 0. The highest BCUT2D eigenvalue weighted by atomic mass is 16.2. The largest absolute Gasteiger partial charge is 0.329 e. The van der Waals surface area contributed by atoms with Crippen molar-refractivity contribution < 1.29 is 4.79 Å². The van der Waals surface area contributed by atoms with Crippen LogP contribution in [0.2, 0.25) is 0 Å². The van der Waals surface area contributed by atoms with Crippen LogP contribution in [0.25, 0.3) is 16.6 Å². The lowest BCUT2D eigenvalue weighted by Gasteiger charge is -2.29. The van der Waals surface area contributed by atoms with E-state index in [0.717, 1.165) is 11.3 Å². The van der Waals surface area contributed by atoms with E-state index in [-0.39, 0.29) is 11.5 Å². The molecule has 1 atom stereocenters. The molecule has 0 N–H and O–H groups in total. The first-order chi connectivity index (χ1) is 15.0. The summed E-state index contributed by atoms with van der Waals surface area (Å²) in [5.74, 6) is 0.453. The molecule has 1 amide bonds. The average molecular weight is 412 g/mol. The van der Waals surface area contributed by atoms with Crippen molar-refractivity contribution in [1.82, 2.24) is 14.5 Å². The maximum absolute atomic E-state index is 13.5. The van der Waals surface area contributed by atoms with Crippen molar-refractivity contribution in [2.24, 2.45) is 0 Å². The third-order valence-corrected chi connectivity index (χ3v) is 5.52. The fourth-order valence-corrected chi connectivity index (χ4v) is 3.93. The van der Waals surface area contributed by atoms with Crippen molar-refractivity contribution in [1.29, 1.82) is 0 Å². The lowest BCUT2D eigenvalue weighted by molar-refractivity contribution is 0.0693. The molecule has 0 radical (unpaired) electrons. The maximum atomic E-state index is 13.5. The molecular formula is C26H25N3O2. The van der Waals surface area contributed by atoms with Crippen molar-refractivity contribution in [2.75, 3.05) is 6.54 Å². The quantitative estimate of drug-likeness (QED) is 0.468. The van der Waals surface area contributed by atoms with E-state index in [4.69, 9.17) is 4.98 Å². The van der Waals surface area contributed by atoms with Gasteiger partial charge in [-0.15, -0.1) is 0 Å². The van der Waals surface area contributed by atoms with E-state index in [9.17, 15) is 9.59 Å². The fraction of sp³-hybridized carbons (Fsp3) is 0.192. The second kappa shape index (κ2) is 8.56. The smallest absolute Gasteiger partial charge is 0.266 e. The zero-order valence-corrected chi connectivity index (χ0v) is 17.9. The first kappa shape index (κ1) is 20.5. The van der Waals surface area contributed by atoms with E-state index in [2.05, 4.69) is 0 Å². The first-order valence-electron chi connectivity index (χ1n) is 10.5. The van der Waals surface area contributed by atoms with Gasteiger partial charge in [0.2, 0.25) is 0 Å². The predicted octanol–water partition coefficient (Wildman–Crippen LogP) is 4.92. The lowest BCUT2D eigenvalue weighted by atomic mass is 10.1. The topological polar surface area (TPSA) is 55.2 Å². The van der Waals surface area contributed by atoms with Crippen molar-refractivity contribution in [3.63, 3.8) is 0 Å². The Kier molecular flexibility index (Phi) is 5.67. The second-order valence-corrected chi connectivity index (χ2v) is 7.60. The molecule has 5 heteroatoms. The summed E-state index contributed by atoms with van der Waals surface area (Å²) < 4.78 is 1.64. The number of para-hydroxylation sites is 1. The number of nitrogens with zero attached hydrogens (tertiary/aromatic N) is 3. The molecule has 4 aromatic rings. The van der Waals surface area contributed by atoms with E-state index >= 15 is 0 Å². The molecule has 0 aliphatic rings. The highest BCUT2D eigenvalue weighted by Crippen LogP contribution is 2.24. The Bertz CT molecular complexity index is 1300. The molecule has 0 bridgehead atoms. The van der Waals surface area contributed by atoms with Crippen LogP contribution in [0.5, 0.6) is 0 Å².